The molecule has 1 aromatic carbocycles. The molecule has 0 bridgehead atoms. The lowest BCUT2D eigenvalue weighted by Crippen LogP contribution is -2.35. The minimum atomic E-state index is -0.0261. The maximum atomic E-state index is 11.6. The number of fused-ring (bicyclic) bond motifs is 1. The first-order valence-corrected chi connectivity index (χ1v) is 7.42. The number of anilines is 1. The predicted octanol–water partition coefficient (Wildman–Crippen LogP) is 2.97. The van der Waals surface area contributed by atoms with Crippen LogP contribution in [0, 0.1) is 11.8 Å². The number of hydrogen-bond acceptors (Lipinski definition) is 2. The van der Waals surface area contributed by atoms with Gasteiger partial charge < -0.3 is 15.5 Å². The van der Waals surface area contributed by atoms with Crippen LogP contribution in [-0.2, 0) is 6.54 Å². The molecule has 20 heavy (non-hydrogen) atoms. The van der Waals surface area contributed by atoms with Crippen LogP contribution in [0.15, 0.2) is 18.2 Å². The van der Waals surface area contributed by atoms with E-state index in [4.69, 9.17) is 0 Å². The summed E-state index contributed by atoms with van der Waals surface area (Å²) in [6.07, 6.45) is 2.73. The molecule has 0 saturated heterocycles. The van der Waals surface area contributed by atoms with Crippen LogP contribution in [0.25, 0.3) is 0 Å². The number of carbonyl (C=O) groups excluding carboxylic acids is 1. The molecule has 2 N–H and O–H groups in total. The molecule has 4 heteroatoms. The van der Waals surface area contributed by atoms with Gasteiger partial charge in [0.2, 0.25) is 0 Å². The van der Waals surface area contributed by atoms with E-state index < -0.39 is 0 Å². The zero-order valence-electron chi connectivity index (χ0n) is 12.4. The van der Waals surface area contributed by atoms with Gasteiger partial charge in [0, 0.05) is 25.3 Å². The van der Waals surface area contributed by atoms with Crippen LogP contribution >= 0.6 is 0 Å². The van der Waals surface area contributed by atoms with Crippen molar-refractivity contribution in [1.82, 2.24) is 10.2 Å². The number of rotatable bonds is 4. The van der Waals surface area contributed by atoms with E-state index in [9.17, 15) is 4.79 Å². The number of amides is 2. The van der Waals surface area contributed by atoms with Gasteiger partial charge in [0.1, 0.15) is 0 Å². The Kier molecular flexibility index (Phi) is 3.42. The van der Waals surface area contributed by atoms with E-state index in [1.807, 2.05) is 20.2 Å². The first-order chi connectivity index (χ1) is 9.60. The van der Waals surface area contributed by atoms with Gasteiger partial charge >= 0.3 is 6.03 Å². The zero-order valence-corrected chi connectivity index (χ0v) is 12.4. The number of carbonyl (C=O) groups is 1. The molecule has 0 spiro atoms. The Morgan fingerprint density at radius 1 is 1.40 bits per heavy atom. The third kappa shape index (κ3) is 2.40. The highest BCUT2D eigenvalue weighted by Crippen LogP contribution is 2.43. The van der Waals surface area contributed by atoms with Crippen molar-refractivity contribution in [3.63, 3.8) is 0 Å². The van der Waals surface area contributed by atoms with Gasteiger partial charge in [-0.05, 0) is 48.9 Å². The predicted molar refractivity (Wildman–Crippen MR) is 80.6 cm³/mol. The van der Waals surface area contributed by atoms with Gasteiger partial charge in [-0.25, -0.2) is 4.79 Å². The average Bonchev–Trinajstić information content (AvgIpc) is 3.25. The molecule has 2 aliphatic rings. The summed E-state index contributed by atoms with van der Waals surface area (Å²) in [5, 5.41) is 6.39. The lowest BCUT2D eigenvalue weighted by atomic mass is 9.89. The quantitative estimate of drug-likeness (QED) is 0.886. The number of benzene rings is 1. The van der Waals surface area contributed by atoms with Gasteiger partial charge in [-0.1, -0.05) is 19.1 Å². The molecule has 3 rings (SSSR count). The van der Waals surface area contributed by atoms with E-state index >= 15 is 0 Å². The number of nitrogens with one attached hydrogen (secondary N) is 2. The summed E-state index contributed by atoms with van der Waals surface area (Å²) in [6.45, 7) is 3.02. The van der Waals surface area contributed by atoms with Crippen molar-refractivity contribution in [2.75, 3.05) is 19.4 Å². The van der Waals surface area contributed by atoms with Crippen LogP contribution in [-0.4, -0.2) is 25.0 Å². The molecule has 1 aromatic rings. The molecule has 4 nitrogen and oxygen atoms in total. The van der Waals surface area contributed by atoms with Gasteiger partial charge in [0.15, 0.2) is 0 Å². The highest BCUT2D eigenvalue weighted by atomic mass is 16.2. The SMILES string of the molecule is CNC(c1ccc2c(c1)CN(C)C(=O)N2)C(C)C1CC1. The molecule has 1 heterocycles. The molecule has 1 aliphatic heterocycles. The van der Waals surface area contributed by atoms with E-state index in [0.717, 1.165) is 11.6 Å². The Labute approximate surface area is 120 Å². The van der Waals surface area contributed by atoms with Crippen molar-refractivity contribution in [2.45, 2.75) is 32.4 Å². The fourth-order valence-corrected chi connectivity index (χ4v) is 3.23. The summed E-state index contributed by atoms with van der Waals surface area (Å²) in [6, 6.07) is 6.80. The van der Waals surface area contributed by atoms with Crippen molar-refractivity contribution >= 4 is 11.7 Å². The summed E-state index contributed by atoms with van der Waals surface area (Å²) in [5.41, 5.74) is 3.48. The van der Waals surface area contributed by atoms with Crippen molar-refractivity contribution < 1.29 is 4.79 Å². The van der Waals surface area contributed by atoms with Gasteiger partial charge in [-0.3, -0.25) is 0 Å². The molecular weight excluding hydrogens is 250 g/mol. The van der Waals surface area contributed by atoms with Crippen molar-refractivity contribution in [2.24, 2.45) is 11.8 Å². The second kappa shape index (κ2) is 5.09. The van der Waals surface area contributed by atoms with Crippen molar-refractivity contribution in [1.29, 1.82) is 0 Å². The molecule has 1 fully saturated rings. The minimum absolute atomic E-state index is 0.0261. The Morgan fingerprint density at radius 2 is 2.15 bits per heavy atom. The standard InChI is InChI=1S/C16H23N3O/c1-10(11-4-5-11)15(17-2)12-6-7-14-13(8-12)9-19(3)16(20)18-14/h6-8,10-11,15,17H,4-5,9H2,1-3H3,(H,18,20). The first-order valence-electron chi connectivity index (χ1n) is 7.42. The fourth-order valence-electron chi connectivity index (χ4n) is 3.23. The largest absolute Gasteiger partial charge is 0.323 e. The van der Waals surface area contributed by atoms with Crippen LogP contribution in [0.5, 0.6) is 0 Å². The summed E-state index contributed by atoms with van der Waals surface area (Å²) >= 11 is 0. The summed E-state index contributed by atoms with van der Waals surface area (Å²) in [7, 11) is 3.87. The first kappa shape index (κ1) is 13.4. The van der Waals surface area contributed by atoms with Crippen molar-refractivity contribution in [3.8, 4) is 0 Å². The van der Waals surface area contributed by atoms with Gasteiger partial charge in [-0.15, -0.1) is 0 Å². The third-order valence-electron chi connectivity index (χ3n) is 4.69. The minimum Gasteiger partial charge on any atom is -0.323 e. The summed E-state index contributed by atoms with van der Waals surface area (Å²) < 4.78 is 0. The normalized spacial score (nSPS) is 21.1. The van der Waals surface area contributed by atoms with Gasteiger partial charge in [-0.2, -0.15) is 0 Å². The fraction of sp³-hybridized carbons (Fsp3) is 0.562. The Hall–Kier alpha value is -1.55. The molecule has 2 amide bonds. The zero-order chi connectivity index (χ0) is 14.3. The smallest absolute Gasteiger partial charge is 0.321 e. The van der Waals surface area contributed by atoms with E-state index in [1.54, 1.807) is 4.90 Å². The lowest BCUT2D eigenvalue weighted by Gasteiger charge is -2.29. The molecule has 2 unspecified atom stereocenters. The number of urea groups is 1. The van der Waals surface area contributed by atoms with E-state index in [-0.39, 0.29) is 6.03 Å². The van der Waals surface area contributed by atoms with Gasteiger partial charge in [0.05, 0.1) is 0 Å². The van der Waals surface area contributed by atoms with Crippen LogP contribution in [0.4, 0.5) is 10.5 Å². The molecule has 2 atom stereocenters. The third-order valence-corrected chi connectivity index (χ3v) is 4.69. The Morgan fingerprint density at radius 3 is 2.80 bits per heavy atom. The second-order valence-corrected chi connectivity index (χ2v) is 6.17. The molecule has 108 valence electrons. The molecular formula is C16H23N3O. The summed E-state index contributed by atoms with van der Waals surface area (Å²) in [4.78, 5) is 13.4. The Bertz CT molecular complexity index is 524. The lowest BCUT2D eigenvalue weighted by molar-refractivity contribution is 0.218. The molecule has 0 aromatic heterocycles. The van der Waals surface area contributed by atoms with Crippen LogP contribution < -0.4 is 10.6 Å². The second-order valence-electron chi connectivity index (χ2n) is 6.17. The number of nitrogens with zero attached hydrogens (tertiary/aromatic N) is 1. The number of hydrogen-bond donors (Lipinski definition) is 2. The van der Waals surface area contributed by atoms with E-state index in [0.29, 0.717) is 18.5 Å². The molecule has 1 saturated carbocycles. The highest BCUT2D eigenvalue weighted by Gasteiger charge is 2.33. The van der Waals surface area contributed by atoms with E-state index in [1.165, 1.54) is 24.0 Å². The average molecular weight is 273 g/mol. The monoisotopic (exact) mass is 273 g/mol. The van der Waals surface area contributed by atoms with Crippen LogP contribution in [0.3, 0.4) is 0 Å². The highest BCUT2D eigenvalue weighted by molar-refractivity contribution is 5.92. The topological polar surface area (TPSA) is 44.4 Å². The van der Waals surface area contributed by atoms with Gasteiger partial charge in [0.25, 0.3) is 0 Å². The Balaban J connectivity index is 1.87. The maximum Gasteiger partial charge on any atom is 0.321 e. The summed E-state index contributed by atoms with van der Waals surface area (Å²) in [5.74, 6) is 1.53. The molecule has 1 aliphatic carbocycles. The van der Waals surface area contributed by atoms with Crippen molar-refractivity contribution in [3.05, 3.63) is 29.3 Å². The molecule has 0 radical (unpaired) electrons. The van der Waals surface area contributed by atoms with Crippen LogP contribution in [0.1, 0.15) is 36.9 Å². The van der Waals surface area contributed by atoms with Crippen LogP contribution in [0.2, 0.25) is 0 Å². The maximum absolute atomic E-state index is 11.6. The van der Waals surface area contributed by atoms with E-state index in [2.05, 4.69) is 29.7 Å².